The Kier molecular flexibility index (Phi) is 5.58. The zero-order valence-electron chi connectivity index (χ0n) is 10.3. The Morgan fingerprint density at radius 1 is 1.61 bits per heavy atom. The number of nitrogens with two attached hydrogens (primary N) is 1. The first-order valence-corrected chi connectivity index (χ1v) is 6.27. The lowest BCUT2D eigenvalue weighted by Gasteiger charge is -2.23. The number of aliphatic carboxylic acids is 1. The summed E-state index contributed by atoms with van der Waals surface area (Å²) in [5.41, 5.74) is 6.81. The van der Waals surface area contributed by atoms with E-state index in [9.17, 15) is 4.79 Å². The van der Waals surface area contributed by atoms with E-state index in [2.05, 4.69) is 21.2 Å². The predicted octanol–water partition coefficient (Wildman–Crippen LogP) is 1.52. The fourth-order valence-electron chi connectivity index (χ4n) is 1.82. The van der Waals surface area contributed by atoms with Crippen molar-refractivity contribution in [2.75, 3.05) is 14.2 Å². The average Bonchev–Trinajstić information content (AvgIpc) is 2.29. The number of methoxy groups -OCH3 is 1. The van der Waals surface area contributed by atoms with Gasteiger partial charge in [0, 0.05) is 12.1 Å². The molecule has 0 aromatic heterocycles. The number of nitrogens with one attached hydrogen (secondary N) is 1. The highest BCUT2D eigenvalue weighted by molar-refractivity contribution is 9.10. The molecule has 5 nitrogen and oxygen atoms in total. The van der Waals surface area contributed by atoms with Crippen molar-refractivity contribution in [1.29, 1.82) is 0 Å². The molecule has 0 aliphatic carbocycles. The number of hydrogen-bond acceptors (Lipinski definition) is 4. The molecule has 1 rings (SSSR count). The lowest BCUT2D eigenvalue weighted by Crippen LogP contribution is -2.37. The highest BCUT2D eigenvalue weighted by atomic mass is 79.9. The maximum Gasteiger partial charge on any atom is 0.304 e. The summed E-state index contributed by atoms with van der Waals surface area (Å²) in [6.07, 6.45) is -0.0881. The van der Waals surface area contributed by atoms with Crippen LogP contribution in [0.25, 0.3) is 0 Å². The van der Waals surface area contributed by atoms with Crippen molar-refractivity contribution in [3.05, 3.63) is 28.2 Å². The Labute approximate surface area is 114 Å². The molecule has 1 aromatic carbocycles. The SMILES string of the molecule is CNC(c1ccc(OC)c(Br)c1)C(N)CC(=O)O. The lowest BCUT2D eigenvalue weighted by molar-refractivity contribution is -0.137. The standard InChI is InChI=1S/C12H17BrN2O3/c1-15-12(9(14)6-11(16)17)7-3-4-10(18-2)8(13)5-7/h3-5,9,12,15H,6,14H2,1-2H3,(H,16,17). The fourth-order valence-corrected chi connectivity index (χ4v) is 2.38. The molecular weight excluding hydrogens is 300 g/mol. The third-order valence-electron chi connectivity index (χ3n) is 2.68. The molecule has 2 unspecified atom stereocenters. The number of carbonyl (C=O) groups is 1. The highest BCUT2D eigenvalue weighted by Gasteiger charge is 2.21. The van der Waals surface area contributed by atoms with Crippen LogP contribution in [0.15, 0.2) is 22.7 Å². The first-order valence-electron chi connectivity index (χ1n) is 5.47. The average molecular weight is 317 g/mol. The molecule has 100 valence electrons. The van der Waals surface area contributed by atoms with Gasteiger partial charge in [-0.1, -0.05) is 6.07 Å². The van der Waals surface area contributed by atoms with Gasteiger partial charge < -0.3 is 20.9 Å². The first kappa shape index (κ1) is 14.9. The molecule has 4 N–H and O–H groups in total. The molecule has 0 fully saturated rings. The summed E-state index contributed by atoms with van der Waals surface area (Å²) in [4.78, 5) is 10.7. The predicted molar refractivity (Wildman–Crippen MR) is 72.7 cm³/mol. The third kappa shape index (κ3) is 3.69. The number of rotatable bonds is 6. The van der Waals surface area contributed by atoms with Gasteiger partial charge in [-0.3, -0.25) is 4.79 Å². The van der Waals surface area contributed by atoms with Crippen LogP contribution in [-0.4, -0.2) is 31.3 Å². The van der Waals surface area contributed by atoms with Gasteiger partial charge in [-0.15, -0.1) is 0 Å². The number of likely N-dealkylation sites (N-methyl/N-ethyl adjacent to an activating group) is 1. The number of ether oxygens (including phenoxy) is 1. The van der Waals surface area contributed by atoms with E-state index in [0.717, 1.165) is 15.8 Å². The summed E-state index contributed by atoms with van der Waals surface area (Å²) < 4.78 is 5.96. The van der Waals surface area contributed by atoms with E-state index in [0.29, 0.717) is 0 Å². The second kappa shape index (κ2) is 6.72. The minimum absolute atomic E-state index is 0.0881. The van der Waals surface area contributed by atoms with Gasteiger partial charge in [0.1, 0.15) is 5.75 Å². The summed E-state index contributed by atoms with van der Waals surface area (Å²) in [5, 5.41) is 11.8. The molecule has 2 atom stereocenters. The van der Waals surface area contributed by atoms with Crippen LogP contribution in [-0.2, 0) is 4.79 Å². The van der Waals surface area contributed by atoms with Crippen LogP contribution < -0.4 is 15.8 Å². The normalized spacial score (nSPS) is 14.0. The quantitative estimate of drug-likeness (QED) is 0.741. The van der Waals surface area contributed by atoms with E-state index in [1.807, 2.05) is 18.2 Å². The summed E-state index contributed by atoms with van der Waals surface area (Å²) in [7, 11) is 3.34. The maximum absolute atomic E-state index is 10.7. The van der Waals surface area contributed by atoms with E-state index in [1.54, 1.807) is 14.2 Å². The monoisotopic (exact) mass is 316 g/mol. The van der Waals surface area contributed by atoms with Crippen molar-refractivity contribution in [3.63, 3.8) is 0 Å². The van der Waals surface area contributed by atoms with E-state index in [1.165, 1.54) is 0 Å². The fraction of sp³-hybridized carbons (Fsp3) is 0.417. The second-order valence-electron chi connectivity index (χ2n) is 3.92. The molecule has 0 saturated carbocycles. The Morgan fingerprint density at radius 2 is 2.28 bits per heavy atom. The molecule has 6 heteroatoms. The van der Waals surface area contributed by atoms with Gasteiger partial charge in [-0.25, -0.2) is 0 Å². The summed E-state index contributed by atoms with van der Waals surface area (Å²) in [6, 6.07) is 4.85. The lowest BCUT2D eigenvalue weighted by atomic mass is 9.97. The van der Waals surface area contributed by atoms with Crippen LogP contribution in [0.5, 0.6) is 5.75 Å². The van der Waals surface area contributed by atoms with E-state index < -0.39 is 12.0 Å². The molecule has 18 heavy (non-hydrogen) atoms. The van der Waals surface area contributed by atoms with Crippen molar-refractivity contribution >= 4 is 21.9 Å². The second-order valence-corrected chi connectivity index (χ2v) is 4.78. The third-order valence-corrected chi connectivity index (χ3v) is 3.30. The molecule has 1 aromatic rings. The smallest absolute Gasteiger partial charge is 0.304 e. The molecular formula is C12H17BrN2O3. The van der Waals surface area contributed by atoms with Gasteiger partial charge in [0.2, 0.25) is 0 Å². The van der Waals surface area contributed by atoms with Gasteiger partial charge >= 0.3 is 5.97 Å². The van der Waals surface area contributed by atoms with Gasteiger partial charge in [-0.2, -0.15) is 0 Å². The minimum atomic E-state index is -0.907. The molecule has 0 bridgehead atoms. The van der Waals surface area contributed by atoms with E-state index >= 15 is 0 Å². The van der Waals surface area contributed by atoms with Crippen molar-refractivity contribution in [3.8, 4) is 5.75 Å². The zero-order valence-corrected chi connectivity index (χ0v) is 11.9. The van der Waals surface area contributed by atoms with Gasteiger partial charge in [0.15, 0.2) is 0 Å². The first-order chi connectivity index (χ1) is 8.49. The number of hydrogen-bond donors (Lipinski definition) is 3. The van der Waals surface area contributed by atoms with E-state index in [-0.39, 0.29) is 12.5 Å². The topological polar surface area (TPSA) is 84.6 Å². The van der Waals surface area contributed by atoms with Gasteiger partial charge in [0.05, 0.1) is 18.0 Å². The van der Waals surface area contributed by atoms with Crippen molar-refractivity contribution in [1.82, 2.24) is 5.32 Å². The summed E-state index contributed by atoms with van der Waals surface area (Å²) in [5.74, 6) is -0.185. The van der Waals surface area contributed by atoms with Crippen LogP contribution in [0.2, 0.25) is 0 Å². The summed E-state index contributed by atoms with van der Waals surface area (Å²) >= 11 is 3.39. The highest BCUT2D eigenvalue weighted by Crippen LogP contribution is 2.29. The molecule has 0 heterocycles. The molecule has 0 saturated heterocycles. The van der Waals surface area contributed by atoms with Crippen LogP contribution in [0.4, 0.5) is 0 Å². The number of benzene rings is 1. The Hall–Kier alpha value is -1.11. The largest absolute Gasteiger partial charge is 0.496 e. The Balaban J connectivity index is 2.94. The van der Waals surface area contributed by atoms with Crippen LogP contribution >= 0.6 is 15.9 Å². The Bertz CT molecular complexity index is 426. The van der Waals surface area contributed by atoms with Crippen LogP contribution in [0, 0.1) is 0 Å². The number of carboxylic acids is 1. The summed E-state index contributed by atoms with van der Waals surface area (Å²) in [6.45, 7) is 0. The Morgan fingerprint density at radius 3 is 2.72 bits per heavy atom. The van der Waals surface area contributed by atoms with Gasteiger partial charge in [0.25, 0.3) is 0 Å². The molecule has 0 radical (unpaired) electrons. The molecule has 0 spiro atoms. The van der Waals surface area contributed by atoms with Crippen molar-refractivity contribution in [2.24, 2.45) is 5.73 Å². The van der Waals surface area contributed by atoms with Crippen molar-refractivity contribution in [2.45, 2.75) is 18.5 Å². The van der Waals surface area contributed by atoms with Crippen molar-refractivity contribution < 1.29 is 14.6 Å². The van der Waals surface area contributed by atoms with E-state index in [4.69, 9.17) is 15.6 Å². The van der Waals surface area contributed by atoms with Gasteiger partial charge in [-0.05, 0) is 40.7 Å². The number of carboxylic acid groups (broad SMARTS) is 1. The van der Waals surface area contributed by atoms with Crippen LogP contribution in [0.1, 0.15) is 18.0 Å². The van der Waals surface area contributed by atoms with Crippen LogP contribution in [0.3, 0.4) is 0 Å². The minimum Gasteiger partial charge on any atom is -0.496 e. The molecule has 0 aliphatic rings. The molecule has 0 aliphatic heterocycles. The zero-order chi connectivity index (χ0) is 13.7. The molecule has 0 amide bonds. The maximum atomic E-state index is 10.7. The number of halogens is 1.